The fourth-order valence-corrected chi connectivity index (χ4v) is 4.16. The fourth-order valence-electron chi connectivity index (χ4n) is 3.37. The van der Waals surface area contributed by atoms with E-state index in [0.717, 1.165) is 33.2 Å². The average molecular weight is 431 g/mol. The van der Waals surface area contributed by atoms with Gasteiger partial charge < -0.3 is 14.2 Å². The van der Waals surface area contributed by atoms with E-state index >= 15 is 0 Å². The van der Waals surface area contributed by atoms with Gasteiger partial charge in [-0.05, 0) is 54.1 Å². The van der Waals surface area contributed by atoms with Crippen LogP contribution < -0.4 is 4.90 Å². The van der Waals surface area contributed by atoms with Gasteiger partial charge in [0, 0.05) is 62.0 Å². The normalized spacial score (nSPS) is 10.9. The zero-order valence-corrected chi connectivity index (χ0v) is 18.8. The molecule has 0 aliphatic carbocycles. The van der Waals surface area contributed by atoms with Crippen molar-refractivity contribution in [2.75, 3.05) is 26.0 Å². The van der Waals surface area contributed by atoms with Gasteiger partial charge in [-0.25, -0.2) is 4.98 Å². The number of amides is 1. The van der Waals surface area contributed by atoms with E-state index in [1.807, 2.05) is 74.2 Å². The molecule has 0 atom stereocenters. The molecule has 31 heavy (non-hydrogen) atoms. The highest BCUT2D eigenvalue weighted by Gasteiger charge is 2.12. The summed E-state index contributed by atoms with van der Waals surface area (Å²) < 4.78 is 2.03. The molecule has 2 heterocycles. The topological polar surface area (TPSA) is 40.9 Å². The number of nitrogens with zero attached hydrogens (tertiary/aromatic N) is 4. The summed E-state index contributed by atoms with van der Waals surface area (Å²) in [5.41, 5.74) is 4.95. The lowest BCUT2D eigenvalue weighted by Crippen LogP contribution is -2.26. The Kier molecular flexibility index (Phi) is 6.28. The number of pyridine rings is 1. The van der Waals surface area contributed by atoms with Gasteiger partial charge >= 0.3 is 0 Å². The van der Waals surface area contributed by atoms with Crippen molar-refractivity contribution in [2.24, 2.45) is 0 Å². The van der Waals surface area contributed by atoms with Crippen LogP contribution in [0.2, 0.25) is 0 Å². The van der Waals surface area contributed by atoms with Crippen molar-refractivity contribution >= 4 is 29.0 Å². The van der Waals surface area contributed by atoms with E-state index in [9.17, 15) is 4.79 Å². The molecule has 0 radical (unpaired) electrons. The van der Waals surface area contributed by atoms with Crippen LogP contribution in [0.15, 0.2) is 84.0 Å². The quantitative estimate of drug-likeness (QED) is 0.389. The second-order valence-electron chi connectivity index (χ2n) is 7.73. The van der Waals surface area contributed by atoms with Crippen molar-refractivity contribution in [3.8, 4) is 0 Å². The summed E-state index contributed by atoms with van der Waals surface area (Å²) >= 11 is 1.72. The third-order valence-corrected chi connectivity index (χ3v) is 6.17. The van der Waals surface area contributed by atoms with Gasteiger partial charge in [0.15, 0.2) is 0 Å². The Morgan fingerprint density at radius 3 is 2.39 bits per heavy atom. The summed E-state index contributed by atoms with van der Waals surface area (Å²) in [6.45, 7) is 0.580. The summed E-state index contributed by atoms with van der Waals surface area (Å²) in [5, 5.41) is 0. The molecule has 0 aliphatic rings. The lowest BCUT2D eigenvalue weighted by molar-refractivity contribution is 0.0785. The van der Waals surface area contributed by atoms with Crippen molar-refractivity contribution in [1.82, 2.24) is 14.3 Å². The monoisotopic (exact) mass is 430 g/mol. The molecule has 0 spiro atoms. The van der Waals surface area contributed by atoms with E-state index in [1.54, 1.807) is 16.7 Å². The predicted molar refractivity (Wildman–Crippen MR) is 128 cm³/mol. The highest BCUT2D eigenvalue weighted by molar-refractivity contribution is 7.98. The van der Waals surface area contributed by atoms with E-state index in [-0.39, 0.29) is 5.91 Å². The first-order valence-corrected chi connectivity index (χ1v) is 11.2. The first-order valence-electron chi connectivity index (χ1n) is 10.2. The number of hydrogen-bond donors (Lipinski definition) is 0. The summed E-state index contributed by atoms with van der Waals surface area (Å²) in [5.74, 6) is 0.811. The van der Waals surface area contributed by atoms with Crippen LogP contribution in [0.4, 0.5) is 5.69 Å². The minimum Gasteiger partial charge on any atom is -0.378 e. The van der Waals surface area contributed by atoms with Crippen LogP contribution in [0.3, 0.4) is 0 Å². The first kappa shape index (κ1) is 21.0. The molecule has 158 valence electrons. The maximum Gasteiger partial charge on any atom is 0.253 e. The average Bonchev–Trinajstić information content (AvgIpc) is 3.21. The summed E-state index contributed by atoms with van der Waals surface area (Å²) in [6.07, 6.45) is 4.06. The fraction of sp³-hybridized carbons (Fsp3) is 0.200. The van der Waals surface area contributed by atoms with E-state index in [2.05, 4.69) is 40.3 Å². The Morgan fingerprint density at radius 1 is 0.968 bits per heavy atom. The van der Waals surface area contributed by atoms with E-state index < -0.39 is 0 Å². The molecular formula is C25H26N4OS. The third kappa shape index (κ3) is 5.09. The van der Waals surface area contributed by atoms with Crippen LogP contribution in [0.25, 0.3) is 5.65 Å². The van der Waals surface area contributed by atoms with E-state index in [1.165, 1.54) is 0 Å². The van der Waals surface area contributed by atoms with Crippen molar-refractivity contribution in [1.29, 1.82) is 0 Å². The van der Waals surface area contributed by atoms with Gasteiger partial charge in [-0.1, -0.05) is 18.2 Å². The Bertz CT molecular complexity index is 1130. The number of benzene rings is 2. The summed E-state index contributed by atoms with van der Waals surface area (Å²) in [4.78, 5) is 22.4. The van der Waals surface area contributed by atoms with Crippen LogP contribution in [0.1, 0.15) is 21.6 Å². The number of imidazole rings is 1. The Hall–Kier alpha value is -3.25. The lowest BCUT2D eigenvalue weighted by atomic mass is 10.1. The van der Waals surface area contributed by atoms with E-state index in [0.29, 0.717) is 12.1 Å². The number of fused-ring (bicyclic) bond motifs is 1. The number of rotatable bonds is 7. The lowest BCUT2D eigenvalue weighted by Gasteiger charge is -2.18. The number of hydrogen-bond acceptors (Lipinski definition) is 4. The molecule has 2 aromatic carbocycles. The zero-order chi connectivity index (χ0) is 21.8. The molecule has 0 unspecified atom stereocenters. The van der Waals surface area contributed by atoms with Gasteiger partial charge in [0.1, 0.15) is 5.65 Å². The van der Waals surface area contributed by atoms with Gasteiger partial charge in [-0.15, -0.1) is 11.8 Å². The highest BCUT2D eigenvalue weighted by Crippen LogP contribution is 2.23. The molecule has 1 amide bonds. The Labute approximate surface area is 187 Å². The number of thioether (sulfide) groups is 1. The molecule has 0 fully saturated rings. The molecule has 5 nitrogen and oxygen atoms in total. The molecule has 4 aromatic rings. The van der Waals surface area contributed by atoms with Crippen molar-refractivity contribution < 1.29 is 4.79 Å². The molecule has 6 heteroatoms. The highest BCUT2D eigenvalue weighted by atomic mass is 32.2. The number of aromatic nitrogens is 2. The second-order valence-corrected chi connectivity index (χ2v) is 8.78. The van der Waals surface area contributed by atoms with Crippen LogP contribution in [-0.4, -0.2) is 41.3 Å². The van der Waals surface area contributed by atoms with Gasteiger partial charge in [0.05, 0.1) is 5.69 Å². The molecule has 0 N–H and O–H groups in total. The third-order valence-electron chi connectivity index (χ3n) is 5.12. The number of anilines is 1. The van der Waals surface area contributed by atoms with Crippen LogP contribution in [-0.2, 0) is 12.3 Å². The van der Waals surface area contributed by atoms with Crippen LogP contribution in [0, 0.1) is 0 Å². The maximum absolute atomic E-state index is 12.8. The summed E-state index contributed by atoms with van der Waals surface area (Å²) in [6, 6.07) is 22.1. The molecule has 2 aromatic heterocycles. The van der Waals surface area contributed by atoms with Gasteiger partial charge in [-0.2, -0.15) is 0 Å². The van der Waals surface area contributed by atoms with Gasteiger partial charge in [0.2, 0.25) is 0 Å². The SMILES string of the molecule is CN(Cc1ccc(N(C)C)cc1)C(=O)c1ccc(SCc2cn3ccccc3n2)cc1. The molecule has 0 saturated carbocycles. The molecule has 4 rings (SSSR count). The minimum absolute atomic E-state index is 0.0218. The Morgan fingerprint density at radius 2 is 1.71 bits per heavy atom. The smallest absolute Gasteiger partial charge is 0.253 e. The zero-order valence-electron chi connectivity index (χ0n) is 18.0. The maximum atomic E-state index is 12.8. The number of carbonyl (C=O) groups is 1. The molecule has 0 aliphatic heterocycles. The Balaban J connectivity index is 1.34. The molecule has 0 saturated heterocycles. The van der Waals surface area contributed by atoms with Gasteiger partial charge in [-0.3, -0.25) is 4.79 Å². The molecular weight excluding hydrogens is 404 g/mol. The standard InChI is InChI=1S/C25H26N4OS/c1-27(2)22-11-7-19(8-12-22)16-28(3)25(30)20-9-13-23(14-10-20)31-18-21-17-29-15-5-4-6-24(29)26-21/h4-15,17H,16,18H2,1-3H3. The van der Waals surface area contributed by atoms with Crippen molar-refractivity contribution in [3.63, 3.8) is 0 Å². The van der Waals surface area contributed by atoms with E-state index in [4.69, 9.17) is 0 Å². The van der Waals surface area contributed by atoms with Crippen LogP contribution >= 0.6 is 11.8 Å². The van der Waals surface area contributed by atoms with Crippen molar-refractivity contribution in [3.05, 3.63) is 95.9 Å². The van der Waals surface area contributed by atoms with Crippen LogP contribution in [0.5, 0.6) is 0 Å². The van der Waals surface area contributed by atoms with Crippen molar-refractivity contribution in [2.45, 2.75) is 17.2 Å². The summed E-state index contributed by atoms with van der Waals surface area (Å²) in [7, 11) is 5.88. The molecule has 0 bridgehead atoms. The minimum atomic E-state index is 0.0218. The predicted octanol–water partition coefficient (Wildman–Crippen LogP) is 4.96. The number of carbonyl (C=O) groups excluding carboxylic acids is 1. The van der Waals surface area contributed by atoms with Gasteiger partial charge in [0.25, 0.3) is 5.91 Å². The second kappa shape index (κ2) is 9.27. The largest absolute Gasteiger partial charge is 0.378 e. The first-order chi connectivity index (χ1) is 15.0.